The molecule has 1 aromatic rings. The standard InChI is InChI=1S/C9H6FNO2S/c1-13-9(12)7-5(4-11)2-3-6(10)8(7)14/h2-3,14H,1H3. The first-order valence-electron chi connectivity index (χ1n) is 3.61. The summed E-state index contributed by atoms with van der Waals surface area (Å²) in [6.07, 6.45) is 0. The van der Waals surface area contributed by atoms with Gasteiger partial charge in [0.2, 0.25) is 0 Å². The lowest BCUT2D eigenvalue weighted by Gasteiger charge is -2.05. The first kappa shape index (κ1) is 10.5. The molecule has 0 spiro atoms. The number of hydrogen-bond donors (Lipinski definition) is 1. The highest BCUT2D eigenvalue weighted by atomic mass is 32.1. The number of nitrogens with zero attached hydrogens (tertiary/aromatic N) is 1. The Kier molecular flexibility index (Phi) is 3.10. The summed E-state index contributed by atoms with van der Waals surface area (Å²) in [5.74, 6) is -1.43. The second-order valence-corrected chi connectivity index (χ2v) is 2.87. The molecule has 0 N–H and O–H groups in total. The van der Waals surface area contributed by atoms with Crippen LogP contribution in [0.1, 0.15) is 15.9 Å². The summed E-state index contributed by atoms with van der Waals surface area (Å²) in [6.45, 7) is 0. The van der Waals surface area contributed by atoms with Crippen molar-refractivity contribution in [1.82, 2.24) is 0 Å². The Hall–Kier alpha value is -1.54. The number of nitriles is 1. The Morgan fingerprint density at radius 3 is 2.79 bits per heavy atom. The third-order valence-electron chi connectivity index (χ3n) is 1.64. The molecule has 0 saturated heterocycles. The van der Waals surface area contributed by atoms with Gasteiger partial charge in [-0.2, -0.15) is 5.26 Å². The van der Waals surface area contributed by atoms with E-state index < -0.39 is 11.8 Å². The lowest BCUT2D eigenvalue weighted by atomic mass is 10.1. The molecule has 0 aliphatic heterocycles. The molecule has 5 heteroatoms. The van der Waals surface area contributed by atoms with Gasteiger partial charge < -0.3 is 4.74 Å². The quantitative estimate of drug-likeness (QED) is 0.569. The van der Waals surface area contributed by atoms with E-state index in [0.717, 1.165) is 13.2 Å². The predicted molar refractivity (Wildman–Crippen MR) is 49.7 cm³/mol. The fraction of sp³-hybridized carbons (Fsp3) is 0.111. The van der Waals surface area contributed by atoms with Gasteiger partial charge in [-0.3, -0.25) is 0 Å². The molecule has 0 aromatic heterocycles. The molecule has 1 rings (SSSR count). The van der Waals surface area contributed by atoms with Crippen LogP contribution in [0.5, 0.6) is 0 Å². The van der Waals surface area contributed by atoms with E-state index in [-0.39, 0.29) is 16.0 Å². The van der Waals surface area contributed by atoms with Crippen LogP contribution in [0.15, 0.2) is 17.0 Å². The van der Waals surface area contributed by atoms with Crippen LogP contribution in [0.4, 0.5) is 4.39 Å². The van der Waals surface area contributed by atoms with Gasteiger partial charge in [0, 0.05) is 0 Å². The average molecular weight is 211 g/mol. The van der Waals surface area contributed by atoms with Gasteiger partial charge in [0.05, 0.1) is 23.1 Å². The van der Waals surface area contributed by atoms with Crippen molar-refractivity contribution in [2.24, 2.45) is 0 Å². The minimum atomic E-state index is -0.772. The maximum atomic E-state index is 13.0. The number of methoxy groups -OCH3 is 1. The number of ether oxygens (including phenoxy) is 1. The van der Waals surface area contributed by atoms with E-state index in [9.17, 15) is 9.18 Å². The highest BCUT2D eigenvalue weighted by Crippen LogP contribution is 2.22. The SMILES string of the molecule is COC(=O)c1c(C#N)ccc(F)c1S. The summed E-state index contributed by atoms with van der Waals surface area (Å²) in [7, 11) is 1.15. The van der Waals surface area contributed by atoms with Crippen LogP contribution < -0.4 is 0 Å². The fourth-order valence-corrected chi connectivity index (χ4v) is 1.25. The van der Waals surface area contributed by atoms with Crippen molar-refractivity contribution in [2.45, 2.75) is 4.90 Å². The minimum absolute atomic E-state index is 0.0447. The van der Waals surface area contributed by atoms with Crippen LogP contribution in [0.2, 0.25) is 0 Å². The van der Waals surface area contributed by atoms with Crippen LogP contribution in [-0.2, 0) is 4.74 Å². The van der Waals surface area contributed by atoms with Crippen molar-refractivity contribution in [2.75, 3.05) is 7.11 Å². The van der Waals surface area contributed by atoms with Crippen LogP contribution in [-0.4, -0.2) is 13.1 Å². The average Bonchev–Trinajstić information content (AvgIpc) is 2.20. The van der Waals surface area contributed by atoms with E-state index in [1.165, 1.54) is 6.07 Å². The Labute approximate surface area is 85.5 Å². The summed E-state index contributed by atoms with van der Waals surface area (Å²) < 4.78 is 17.4. The minimum Gasteiger partial charge on any atom is -0.465 e. The van der Waals surface area contributed by atoms with Crippen LogP contribution in [0.25, 0.3) is 0 Å². The first-order chi connectivity index (χ1) is 6.61. The van der Waals surface area contributed by atoms with Gasteiger partial charge in [0.25, 0.3) is 0 Å². The summed E-state index contributed by atoms with van der Waals surface area (Å²) in [6, 6.07) is 4.05. The van der Waals surface area contributed by atoms with E-state index in [2.05, 4.69) is 17.4 Å². The third-order valence-corrected chi connectivity index (χ3v) is 2.08. The smallest absolute Gasteiger partial charge is 0.340 e. The molecule has 1 aromatic carbocycles. The van der Waals surface area contributed by atoms with Crippen LogP contribution in [0, 0.1) is 17.1 Å². The lowest BCUT2D eigenvalue weighted by Crippen LogP contribution is -2.06. The molecule has 0 bridgehead atoms. The van der Waals surface area contributed by atoms with Gasteiger partial charge in [-0.1, -0.05) is 0 Å². The third kappa shape index (κ3) is 1.70. The molecule has 14 heavy (non-hydrogen) atoms. The van der Waals surface area contributed by atoms with Gasteiger partial charge in [-0.25, -0.2) is 9.18 Å². The van der Waals surface area contributed by atoms with E-state index >= 15 is 0 Å². The molecule has 0 fully saturated rings. The molecular weight excluding hydrogens is 205 g/mol. The Morgan fingerprint density at radius 2 is 2.29 bits per heavy atom. The molecule has 0 atom stereocenters. The Balaban J connectivity index is 3.45. The molecule has 0 unspecified atom stereocenters. The van der Waals surface area contributed by atoms with Crippen molar-refractivity contribution in [1.29, 1.82) is 5.26 Å². The number of esters is 1. The zero-order chi connectivity index (χ0) is 10.7. The molecule has 0 aliphatic carbocycles. The monoisotopic (exact) mass is 211 g/mol. The van der Waals surface area contributed by atoms with Crippen molar-refractivity contribution >= 4 is 18.6 Å². The van der Waals surface area contributed by atoms with Crippen molar-refractivity contribution < 1.29 is 13.9 Å². The van der Waals surface area contributed by atoms with E-state index in [1.807, 2.05) is 0 Å². The number of rotatable bonds is 1. The summed E-state index contributed by atoms with van der Waals surface area (Å²) >= 11 is 3.80. The molecule has 3 nitrogen and oxygen atoms in total. The highest BCUT2D eigenvalue weighted by Gasteiger charge is 2.18. The molecule has 0 radical (unpaired) electrons. The van der Waals surface area contributed by atoms with Crippen molar-refractivity contribution in [3.63, 3.8) is 0 Å². The summed E-state index contributed by atoms with van der Waals surface area (Å²) in [4.78, 5) is 11.0. The van der Waals surface area contributed by atoms with Gasteiger partial charge in [0.1, 0.15) is 11.9 Å². The molecule has 0 aliphatic rings. The number of carbonyl (C=O) groups is 1. The van der Waals surface area contributed by atoms with Gasteiger partial charge in [-0.15, -0.1) is 12.6 Å². The number of carbonyl (C=O) groups excluding carboxylic acids is 1. The first-order valence-corrected chi connectivity index (χ1v) is 4.06. The van der Waals surface area contributed by atoms with Crippen LogP contribution in [0.3, 0.4) is 0 Å². The Bertz CT molecular complexity index is 426. The number of halogens is 1. The second kappa shape index (κ2) is 4.11. The second-order valence-electron chi connectivity index (χ2n) is 2.42. The number of thiol groups is 1. The normalized spacial score (nSPS) is 9.29. The number of benzene rings is 1. The Morgan fingerprint density at radius 1 is 1.64 bits per heavy atom. The largest absolute Gasteiger partial charge is 0.465 e. The maximum absolute atomic E-state index is 13.0. The predicted octanol–water partition coefficient (Wildman–Crippen LogP) is 1.77. The zero-order valence-electron chi connectivity index (χ0n) is 7.24. The number of hydrogen-bond acceptors (Lipinski definition) is 4. The topological polar surface area (TPSA) is 50.1 Å². The van der Waals surface area contributed by atoms with Crippen LogP contribution >= 0.6 is 12.6 Å². The van der Waals surface area contributed by atoms with E-state index in [0.29, 0.717) is 0 Å². The van der Waals surface area contributed by atoms with E-state index in [4.69, 9.17) is 5.26 Å². The zero-order valence-corrected chi connectivity index (χ0v) is 8.14. The fourth-order valence-electron chi connectivity index (χ4n) is 0.968. The van der Waals surface area contributed by atoms with Crippen molar-refractivity contribution in [3.8, 4) is 6.07 Å². The molecular formula is C9H6FNO2S. The molecule has 0 heterocycles. The van der Waals surface area contributed by atoms with Gasteiger partial charge >= 0.3 is 5.97 Å². The lowest BCUT2D eigenvalue weighted by molar-refractivity contribution is 0.0595. The van der Waals surface area contributed by atoms with Crippen molar-refractivity contribution in [3.05, 3.63) is 29.1 Å². The molecule has 72 valence electrons. The molecule has 0 amide bonds. The maximum Gasteiger partial charge on any atom is 0.340 e. The molecule has 0 saturated carbocycles. The van der Waals surface area contributed by atoms with Gasteiger partial charge in [-0.05, 0) is 12.1 Å². The highest BCUT2D eigenvalue weighted by molar-refractivity contribution is 7.80. The summed E-state index contributed by atoms with van der Waals surface area (Å²) in [5, 5.41) is 8.66. The van der Waals surface area contributed by atoms with Gasteiger partial charge in [0.15, 0.2) is 0 Å². The van der Waals surface area contributed by atoms with E-state index in [1.54, 1.807) is 6.07 Å². The summed E-state index contributed by atoms with van der Waals surface area (Å²) in [5.41, 5.74) is -0.0958.